The normalized spacial score (nSPS) is 12.0. The van der Waals surface area contributed by atoms with Gasteiger partial charge in [0.15, 0.2) is 0 Å². The van der Waals surface area contributed by atoms with E-state index in [9.17, 15) is 0 Å². The largest absolute Gasteiger partial charge is 0.324 e. The molecule has 4 aromatic carbocycles. The molecule has 1 aliphatic rings. The van der Waals surface area contributed by atoms with E-state index < -0.39 is 0 Å². The lowest BCUT2D eigenvalue weighted by Crippen LogP contribution is -2.26. The second-order valence-electron chi connectivity index (χ2n) is 20.7. The number of aromatic amines is 4. The minimum absolute atomic E-state index is 0.703. The Balaban J connectivity index is 1.32. The van der Waals surface area contributed by atoms with Gasteiger partial charge in [0.1, 0.15) is 45.2 Å². The van der Waals surface area contributed by atoms with Crippen LogP contribution in [0, 0.1) is 0 Å². The Morgan fingerprint density at radius 3 is 0.829 bits per heavy atom. The first kappa shape index (κ1) is 54.3. The third-order valence-electron chi connectivity index (χ3n) is 12.8. The standard InChI is InChI=1S/C56H72N16S4/c1-65(2)53(66(3)4)73-29-33-17-21-37-41(25-33)49-58-45(37)57-46-38-22-18-35(31-75-55(69(9)10)70(11)12)27-43(38)51(59-46)64-52-44-28-36(32-76-56(71(13)14)72(15)16)20-24-40(44)48(63-52)62-50-42-26-34(19-23-39(42)47(60-49)61-50)30-74-54(67(5)6)68(7)8/h17-28H,29-32H2,1-16H3,(H4,57,58,59,60,61,62,63,64)/q+4. The van der Waals surface area contributed by atoms with Crippen molar-refractivity contribution >= 4 is 134 Å². The number of fused-ring (bicyclic) bond motifs is 20. The molecule has 0 unspecified atom stereocenters. The van der Waals surface area contributed by atoms with Crippen molar-refractivity contribution in [2.45, 2.75) is 23.0 Å². The van der Waals surface area contributed by atoms with Crippen molar-refractivity contribution in [2.24, 2.45) is 20.0 Å². The van der Waals surface area contributed by atoms with Gasteiger partial charge in [-0.3, -0.25) is 37.9 Å². The number of hydrogen-bond acceptors (Lipinski definition) is 8. The quantitative estimate of drug-likeness (QED) is 0.0702. The zero-order chi connectivity index (χ0) is 54.3. The molecular formula is C56H72N16S4+4. The minimum Gasteiger partial charge on any atom is -0.324 e. The number of thioether (sulfide) groups is 4. The molecule has 20 heteroatoms. The zero-order valence-electron chi connectivity index (χ0n) is 46.8. The van der Waals surface area contributed by atoms with Gasteiger partial charge in [-0.2, -0.15) is 0 Å². The average Bonchev–Trinajstić information content (AvgIpc) is 4.09. The summed E-state index contributed by atoms with van der Waals surface area (Å²) in [7, 11) is 33.4. The topological polar surface area (TPSA) is 138 Å². The van der Waals surface area contributed by atoms with Gasteiger partial charge in [0.2, 0.25) is 0 Å². The summed E-state index contributed by atoms with van der Waals surface area (Å²) in [5.74, 6) is 5.93. The van der Waals surface area contributed by atoms with E-state index in [-0.39, 0.29) is 0 Å². The van der Waals surface area contributed by atoms with Crippen LogP contribution in [0.4, 0.5) is 23.3 Å². The summed E-state index contributed by atoms with van der Waals surface area (Å²) in [4.78, 5) is 45.6. The summed E-state index contributed by atoms with van der Waals surface area (Å²) in [5.41, 5.74) is 7.53. The molecule has 0 spiro atoms. The molecule has 76 heavy (non-hydrogen) atoms. The van der Waals surface area contributed by atoms with Crippen LogP contribution in [0.1, 0.15) is 22.3 Å². The van der Waals surface area contributed by atoms with E-state index >= 15 is 0 Å². The first-order valence-corrected chi connectivity index (χ1v) is 29.0. The van der Waals surface area contributed by atoms with E-state index in [1.165, 1.54) is 42.9 Å². The number of rotatable bonds is 8. The number of benzene rings is 4. The molecule has 0 aliphatic carbocycles. The third kappa shape index (κ3) is 11.5. The monoisotopic (exact) mass is 1100 g/mol. The van der Waals surface area contributed by atoms with E-state index in [0.29, 0.717) is 45.2 Å². The summed E-state index contributed by atoms with van der Waals surface area (Å²) >= 11 is 7.23. The molecular weight excluding hydrogens is 1020 g/mol. The smallest absolute Gasteiger partial charge is 0.307 e. The first-order chi connectivity index (χ1) is 36.2. The van der Waals surface area contributed by atoms with Crippen molar-refractivity contribution in [3.8, 4) is 0 Å². The van der Waals surface area contributed by atoms with E-state index in [0.717, 1.165) is 66.1 Å². The van der Waals surface area contributed by atoms with E-state index in [1.807, 2.05) is 0 Å². The van der Waals surface area contributed by atoms with Crippen LogP contribution < -0.4 is 22.0 Å². The van der Waals surface area contributed by atoms with Crippen molar-refractivity contribution in [1.29, 1.82) is 0 Å². The van der Waals surface area contributed by atoms with Crippen LogP contribution in [0.5, 0.6) is 0 Å². The molecule has 8 aromatic rings. The van der Waals surface area contributed by atoms with E-state index in [4.69, 9.17) is 20.0 Å². The molecule has 9 rings (SSSR count). The Bertz CT molecular complexity index is 3940. The summed E-state index contributed by atoms with van der Waals surface area (Å²) < 4.78 is 8.64. The summed E-state index contributed by atoms with van der Waals surface area (Å²) in [6, 6.07) is 26.6. The second-order valence-corrected chi connectivity index (χ2v) is 24.5. The molecule has 0 fully saturated rings. The molecule has 4 aromatic heterocycles. The van der Waals surface area contributed by atoms with Gasteiger partial charge in [-0.05, 0) is 93.6 Å². The SMILES string of the molecule is CN(C)C(SCc1ccc2c3[nH]c(c2c1)N=c1[nH]c(c2cc(CSC(N(C)C)=[N+](C)C)ccc12)=Nc1[nH]c(c2ccc(CSC(N(C)C)=[N+](C)C)cc12)N=c1[nH]c(c2cc(CSC(N(C)C)=[N+](C)C)ccc12)=N3)=[N+](C)C. The van der Waals surface area contributed by atoms with Gasteiger partial charge in [0.25, 0.3) is 0 Å². The third-order valence-corrected chi connectivity index (χ3v) is 18.6. The lowest BCUT2D eigenvalue weighted by molar-refractivity contribution is -0.466. The van der Waals surface area contributed by atoms with Crippen molar-refractivity contribution in [2.75, 3.05) is 113 Å². The van der Waals surface area contributed by atoms with Gasteiger partial charge in [0, 0.05) is 66.1 Å². The van der Waals surface area contributed by atoms with Crippen LogP contribution in [0.2, 0.25) is 0 Å². The highest BCUT2D eigenvalue weighted by atomic mass is 32.2. The molecule has 1 aliphatic heterocycles. The van der Waals surface area contributed by atoms with Crippen molar-refractivity contribution < 1.29 is 18.3 Å². The molecule has 0 radical (unpaired) electrons. The van der Waals surface area contributed by atoms with Gasteiger partial charge < -0.3 is 19.9 Å². The average molecular weight is 1100 g/mol. The van der Waals surface area contributed by atoms with Crippen molar-refractivity contribution in [3.63, 3.8) is 0 Å². The highest BCUT2D eigenvalue weighted by molar-refractivity contribution is 8.13. The van der Waals surface area contributed by atoms with Crippen LogP contribution >= 0.6 is 47.0 Å². The summed E-state index contributed by atoms with van der Waals surface area (Å²) in [6.07, 6.45) is 0. The van der Waals surface area contributed by atoms with E-state index in [2.05, 4.69) is 243 Å². The highest BCUT2D eigenvalue weighted by Gasteiger charge is 2.21. The number of nitrogens with zero attached hydrogens (tertiary/aromatic N) is 12. The highest BCUT2D eigenvalue weighted by Crippen LogP contribution is 2.37. The zero-order valence-corrected chi connectivity index (χ0v) is 50.0. The predicted octanol–water partition coefficient (Wildman–Crippen LogP) is 7.42. The van der Waals surface area contributed by atoms with Gasteiger partial charge >= 0.3 is 20.7 Å². The Morgan fingerprint density at radius 2 is 0.566 bits per heavy atom. The number of nitrogens with one attached hydrogen (secondary N) is 4. The Kier molecular flexibility index (Phi) is 16.2. The van der Waals surface area contributed by atoms with E-state index in [1.54, 1.807) is 47.0 Å². The van der Waals surface area contributed by atoms with Crippen molar-refractivity contribution in [1.82, 2.24) is 39.5 Å². The van der Waals surface area contributed by atoms with Crippen LogP contribution in [-0.4, -0.2) is 191 Å². The number of hydrogen-bond donors (Lipinski definition) is 4. The predicted molar refractivity (Wildman–Crippen MR) is 325 cm³/mol. The van der Waals surface area contributed by atoms with Crippen LogP contribution in [-0.2, 0) is 23.0 Å². The van der Waals surface area contributed by atoms with Crippen molar-refractivity contribution in [3.05, 3.63) is 117 Å². The lowest BCUT2D eigenvalue weighted by Gasteiger charge is -2.10. The summed E-state index contributed by atoms with van der Waals surface area (Å²) in [5, 5.41) is 12.5. The minimum atomic E-state index is 0.703. The molecule has 396 valence electrons. The summed E-state index contributed by atoms with van der Waals surface area (Å²) in [6.45, 7) is 0. The molecule has 4 N–H and O–H groups in total. The fourth-order valence-corrected chi connectivity index (χ4v) is 13.7. The fraction of sp³-hybridized carbons (Fsp3) is 0.357. The Hall–Kier alpha value is -6.48. The number of aromatic nitrogens is 4. The molecule has 5 heterocycles. The van der Waals surface area contributed by atoms with Crippen LogP contribution in [0.15, 0.2) is 92.8 Å². The molecule has 0 atom stereocenters. The van der Waals surface area contributed by atoms with Gasteiger partial charge in [-0.15, -0.1) is 0 Å². The maximum Gasteiger partial charge on any atom is 0.307 e. The lowest BCUT2D eigenvalue weighted by atomic mass is 10.1. The maximum absolute atomic E-state index is 5.54. The Labute approximate surface area is 461 Å². The van der Waals surface area contributed by atoms with Gasteiger partial charge in [-0.25, -0.2) is 20.0 Å². The number of H-pyrrole nitrogens is 4. The first-order valence-electron chi connectivity index (χ1n) is 25.1. The van der Waals surface area contributed by atoms with Crippen LogP contribution in [0.3, 0.4) is 0 Å². The molecule has 8 bridgehead atoms. The Morgan fingerprint density at radius 1 is 0.329 bits per heavy atom. The molecule has 0 amide bonds. The van der Waals surface area contributed by atoms with Crippen LogP contribution in [0.25, 0.3) is 43.1 Å². The fourth-order valence-electron chi connectivity index (χ4n) is 9.70. The molecule has 0 saturated carbocycles. The molecule has 0 saturated heterocycles. The van der Waals surface area contributed by atoms with Gasteiger partial charge in [-0.1, -0.05) is 48.5 Å². The van der Waals surface area contributed by atoms with Gasteiger partial charge in [0.05, 0.1) is 113 Å². The second kappa shape index (κ2) is 22.6. The molecule has 16 nitrogen and oxygen atoms in total. The number of amidine groups is 4. The maximum atomic E-state index is 5.54.